The third-order valence-corrected chi connectivity index (χ3v) is 20.2. The largest absolute Gasteiger partial charge is 0.497 e. The molecule has 19 rings (SSSR count). The van der Waals surface area contributed by atoms with E-state index in [2.05, 4.69) is 0 Å². The first-order valence-electron chi connectivity index (χ1n) is 39.1. The summed E-state index contributed by atoms with van der Waals surface area (Å²) >= 11 is 0. The Kier molecular flexibility index (Phi) is 27.2. The van der Waals surface area contributed by atoms with Gasteiger partial charge in [-0.15, -0.1) is 30.4 Å². The molecule has 0 radical (unpaired) electrons. The van der Waals surface area contributed by atoms with Gasteiger partial charge in [0.25, 0.3) is 70.9 Å². The maximum atomic E-state index is 12.5. The average molecular weight is 1710 g/mol. The quantitative estimate of drug-likeness (QED) is 0.0640. The maximum Gasteiger partial charge on any atom is 0.416 e. The van der Waals surface area contributed by atoms with Crippen molar-refractivity contribution in [2.75, 3.05) is 14.2 Å². The molecule has 0 aliphatic carbocycles. The highest BCUT2D eigenvalue weighted by atomic mass is 19.4. The fourth-order valence-corrected chi connectivity index (χ4v) is 13.6. The molecule has 636 valence electrons. The minimum atomic E-state index is -4.41. The predicted molar refractivity (Wildman–Crippen MR) is 451 cm³/mol. The molecule has 0 spiro atoms. The molecular formula is C98H73F3N6O20. The first kappa shape index (κ1) is 87.5. The van der Waals surface area contributed by atoms with E-state index in [1.165, 1.54) is 36.4 Å². The number of carbonyl (C=O) groups excluding carboxylic acids is 12. The molecule has 0 unspecified atom stereocenters. The molecule has 0 atom stereocenters. The molecule has 127 heavy (non-hydrogen) atoms. The Morgan fingerprint density at radius 2 is 0.535 bits per heavy atom. The van der Waals surface area contributed by atoms with Crippen LogP contribution >= 0.6 is 0 Å². The van der Waals surface area contributed by atoms with Gasteiger partial charge in [0.2, 0.25) is 0 Å². The van der Waals surface area contributed by atoms with Gasteiger partial charge < -0.3 is 9.47 Å². The zero-order valence-electron chi connectivity index (χ0n) is 67.7. The third-order valence-electron chi connectivity index (χ3n) is 20.2. The average Bonchev–Trinajstić information content (AvgIpc) is 1.63. The first-order chi connectivity index (χ1) is 61.5. The Morgan fingerprint density at radius 1 is 0.252 bits per heavy atom. The standard InChI is InChI=1S/C20H15NO4.C19H13NO3.C16H10F3NO3.C16H13NO4.C16H13NO3.C11H9NO3/c1-24-18-11-10-13(14-6-2-3-7-15(14)18)12-25-21-19(22)16-8-4-5-9-17(16)20(21)23;21-18-16-10-3-4-11-17(16)19(22)20(18)23-12-14-8-5-7-13-6-1-2-9-15(13)14;17-16(18,19)11-7-5-10(6-8-11)9-23-20-14(21)12-3-1-2-4-13(12)15(20)22;1-20-12-8-6-11(7-9-12)10-21-17-15(18)13-4-2-3-5-14(13)16(17)19;1-11-6-8-12(9-7-11)10-20-17-15(18)13-4-2-3-5-14(13)16(17)19;13-10-6-7-11(14)12(10)15-8-9-4-2-1-3-5-9/h2-11H,12H2,1H3;1-11H,12H2;1-8H,9H2;2-9H,10H2,1H3;2-9H,10H2,1H3;1-7H,8H2. The lowest BCUT2D eigenvalue weighted by Gasteiger charge is -2.15. The van der Waals surface area contributed by atoms with Crippen LogP contribution in [-0.2, 0) is 84.4 Å². The number of halogens is 3. The summed E-state index contributed by atoms with van der Waals surface area (Å²) in [5.41, 5.74) is 8.75. The molecule has 0 bridgehead atoms. The minimum Gasteiger partial charge on any atom is -0.497 e. The van der Waals surface area contributed by atoms with Gasteiger partial charge >= 0.3 is 6.18 Å². The Hall–Kier alpha value is -15.9. The number of benzene rings is 13. The van der Waals surface area contributed by atoms with E-state index in [1.54, 1.807) is 136 Å². The van der Waals surface area contributed by atoms with Gasteiger partial charge in [-0.1, -0.05) is 218 Å². The zero-order valence-corrected chi connectivity index (χ0v) is 67.7. The number of aryl methyl sites for hydroxylation is 1. The van der Waals surface area contributed by atoms with E-state index < -0.39 is 82.6 Å². The second-order valence-electron chi connectivity index (χ2n) is 28.3. The zero-order chi connectivity index (χ0) is 89.4. The fourth-order valence-electron chi connectivity index (χ4n) is 13.6. The maximum absolute atomic E-state index is 12.5. The van der Waals surface area contributed by atoms with E-state index in [-0.39, 0.29) is 50.8 Å². The summed E-state index contributed by atoms with van der Waals surface area (Å²) in [6.07, 6.45) is -2.04. The number of alkyl halides is 3. The van der Waals surface area contributed by atoms with Crippen LogP contribution in [0, 0.1) is 6.92 Å². The summed E-state index contributed by atoms with van der Waals surface area (Å²) in [6, 6.07) is 87.0. The number of ether oxygens (including phenoxy) is 2. The SMILES string of the molecule is COc1ccc(CON2C(=O)c3ccccc3C2=O)c2ccccc12.COc1ccc(CON2C(=O)c3ccccc3C2=O)cc1.Cc1ccc(CON2C(=O)c3ccccc3C2=O)cc1.O=C1C=CC(=O)N1OCc1ccccc1.O=C1c2ccccc2C(=O)N1OCc1ccc(C(F)(F)F)cc1.O=C1c2ccccc2C(=O)N1OCc1cccc2ccccc12. The highest BCUT2D eigenvalue weighted by Gasteiger charge is 2.42. The second-order valence-corrected chi connectivity index (χ2v) is 28.3. The number of fused-ring (bicyclic) bond motifs is 7. The molecule has 26 nitrogen and oxygen atoms in total. The predicted octanol–water partition coefficient (Wildman–Crippen LogP) is 16.8. The van der Waals surface area contributed by atoms with E-state index in [9.17, 15) is 70.7 Å². The van der Waals surface area contributed by atoms with Crippen molar-refractivity contribution < 1.29 is 109 Å². The first-order valence-corrected chi connectivity index (χ1v) is 39.1. The lowest BCUT2D eigenvalue weighted by molar-refractivity contribution is -0.189. The van der Waals surface area contributed by atoms with Crippen LogP contribution in [0.4, 0.5) is 13.2 Å². The van der Waals surface area contributed by atoms with Crippen molar-refractivity contribution in [3.05, 3.63) is 416 Å². The smallest absolute Gasteiger partial charge is 0.416 e. The van der Waals surface area contributed by atoms with Crippen LogP contribution in [0.25, 0.3) is 21.5 Å². The van der Waals surface area contributed by atoms with Crippen LogP contribution < -0.4 is 9.47 Å². The van der Waals surface area contributed by atoms with Crippen molar-refractivity contribution in [3.8, 4) is 11.5 Å². The second kappa shape index (κ2) is 39.5. The highest BCUT2D eigenvalue weighted by molar-refractivity contribution is 6.23. The van der Waals surface area contributed by atoms with E-state index in [1.807, 2.05) is 153 Å². The fraction of sp³-hybridized carbons (Fsp3) is 0.102. The Labute approximate surface area is 722 Å². The minimum absolute atomic E-state index is 0.107. The van der Waals surface area contributed by atoms with Gasteiger partial charge in [-0.05, 0) is 147 Å². The van der Waals surface area contributed by atoms with Gasteiger partial charge in [-0.3, -0.25) is 86.6 Å². The normalized spacial score (nSPS) is 13.9. The van der Waals surface area contributed by atoms with Crippen LogP contribution in [0.1, 0.15) is 148 Å². The van der Waals surface area contributed by atoms with Crippen LogP contribution in [0.15, 0.2) is 315 Å². The topological polar surface area (TPSA) is 298 Å². The monoisotopic (exact) mass is 1710 g/mol. The van der Waals surface area contributed by atoms with Gasteiger partial charge in [0, 0.05) is 17.5 Å². The Morgan fingerprint density at radius 3 is 0.890 bits per heavy atom. The van der Waals surface area contributed by atoms with Crippen molar-refractivity contribution >= 4 is 92.4 Å². The molecule has 0 aromatic heterocycles. The van der Waals surface area contributed by atoms with Crippen LogP contribution in [-0.4, -0.2) is 115 Å². The van der Waals surface area contributed by atoms with Gasteiger partial charge in [0.1, 0.15) is 51.1 Å². The number of hydrogen-bond acceptors (Lipinski definition) is 20. The van der Waals surface area contributed by atoms with Crippen molar-refractivity contribution in [2.24, 2.45) is 0 Å². The number of carbonyl (C=O) groups is 12. The van der Waals surface area contributed by atoms with Crippen molar-refractivity contribution in [2.45, 2.75) is 52.7 Å². The highest BCUT2D eigenvalue weighted by Crippen LogP contribution is 2.34. The molecule has 0 saturated heterocycles. The molecule has 13 aromatic carbocycles. The van der Waals surface area contributed by atoms with Gasteiger partial charge in [-0.25, -0.2) is 0 Å². The van der Waals surface area contributed by atoms with Gasteiger partial charge in [0.15, 0.2) is 0 Å². The number of nitrogens with zero attached hydrogens (tertiary/aromatic N) is 6. The number of hydrogen-bond donors (Lipinski definition) is 0. The molecule has 6 aliphatic heterocycles. The number of methoxy groups -OCH3 is 2. The lowest BCUT2D eigenvalue weighted by atomic mass is 10.0. The number of imide groups is 6. The van der Waals surface area contributed by atoms with Crippen LogP contribution in [0.5, 0.6) is 11.5 Å². The number of amides is 12. The van der Waals surface area contributed by atoms with Crippen molar-refractivity contribution in [1.82, 2.24) is 30.4 Å². The molecule has 0 saturated carbocycles. The van der Waals surface area contributed by atoms with E-state index in [0.29, 0.717) is 55.1 Å². The summed E-state index contributed by atoms with van der Waals surface area (Å²) in [5.74, 6) is -3.89. The summed E-state index contributed by atoms with van der Waals surface area (Å²) in [6.45, 7) is 2.60. The lowest BCUT2D eigenvalue weighted by Crippen LogP contribution is -2.29. The summed E-state index contributed by atoms with van der Waals surface area (Å²) in [4.78, 5) is 176. The van der Waals surface area contributed by atoms with Crippen LogP contribution in [0.2, 0.25) is 0 Å². The van der Waals surface area contributed by atoms with E-state index >= 15 is 0 Å². The van der Waals surface area contributed by atoms with Crippen molar-refractivity contribution in [3.63, 3.8) is 0 Å². The molecule has 0 fully saturated rings. The van der Waals surface area contributed by atoms with E-state index in [4.69, 9.17) is 38.5 Å². The molecular weight excluding hydrogens is 1640 g/mol. The molecule has 0 N–H and O–H groups in total. The summed E-state index contributed by atoms with van der Waals surface area (Å²) in [7, 11) is 3.21. The van der Waals surface area contributed by atoms with Crippen LogP contribution in [0.3, 0.4) is 0 Å². The summed E-state index contributed by atoms with van der Waals surface area (Å²) < 4.78 is 47.9. The van der Waals surface area contributed by atoms with Gasteiger partial charge in [0.05, 0.1) is 75.4 Å². The van der Waals surface area contributed by atoms with Gasteiger partial charge in [-0.2, -0.15) is 13.2 Å². The number of rotatable bonds is 20. The molecule has 29 heteroatoms. The van der Waals surface area contributed by atoms with E-state index in [0.717, 1.165) is 104 Å². The third kappa shape index (κ3) is 19.8. The Balaban J connectivity index is 0.000000124. The Bertz CT molecular complexity index is 6270. The van der Waals surface area contributed by atoms with Crippen molar-refractivity contribution in [1.29, 1.82) is 0 Å². The summed E-state index contributed by atoms with van der Waals surface area (Å²) in [5, 5.41) is 8.78. The molecule has 13 aromatic rings. The molecule has 6 heterocycles. The number of hydroxylamine groups is 12. The molecule has 12 amide bonds. The molecule has 6 aliphatic rings.